The van der Waals surface area contributed by atoms with Gasteiger partial charge in [0.05, 0.1) is 22.9 Å². The van der Waals surface area contributed by atoms with E-state index in [0.717, 1.165) is 18.4 Å². The fourth-order valence-electron chi connectivity index (χ4n) is 1.69. The molecule has 0 atom stereocenters. The van der Waals surface area contributed by atoms with Gasteiger partial charge >= 0.3 is 17.9 Å². The summed E-state index contributed by atoms with van der Waals surface area (Å²) in [5, 5.41) is 16.8. The van der Waals surface area contributed by atoms with Gasteiger partial charge in [-0.1, -0.05) is 51.1 Å². The van der Waals surface area contributed by atoms with Gasteiger partial charge < -0.3 is 19.7 Å². The van der Waals surface area contributed by atoms with Crippen LogP contribution in [0.3, 0.4) is 0 Å². The Morgan fingerprint density at radius 1 is 0.735 bits per heavy atom. The van der Waals surface area contributed by atoms with E-state index in [1.807, 2.05) is 78.8 Å². The number of hydrogen-bond acceptors (Lipinski definition) is 6. The number of benzene rings is 1. The molecule has 196 valence electrons. The summed E-state index contributed by atoms with van der Waals surface area (Å²) in [5.41, 5.74) is -0.318. The number of ether oxygens (including phenoxy) is 2. The number of aliphatic carboxylic acids is 1. The summed E-state index contributed by atoms with van der Waals surface area (Å²) in [4.78, 5) is 33.0. The van der Waals surface area contributed by atoms with E-state index in [9.17, 15) is 14.4 Å². The number of rotatable bonds is 10. The van der Waals surface area contributed by atoms with Crippen molar-refractivity contribution < 1.29 is 34.1 Å². The van der Waals surface area contributed by atoms with Crippen LogP contribution in [0.4, 0.5) is 0 Å². The molecular weight excluding hydrogens is 436 g/mol. The molecule has 34 heavy (non-hydrogen) atoms. The van der Waals surface area contributed by atoms with Crippen molar-refractivity contribution >= 4 is 17.9 Å². The lowest BCUT2D eigenvalue weighted by Gasteiger charge is -2.20. The lowest BCUT2D eigenvalue weighted by Crippen LogP contribution is -2.26. The third-order valence-electron chi connectivity index (χ3n) is 5.87. The second kappa shape index (κ2) is 16.3. The largest absolute Gasteiger partial charge is 0.481 e. The lowest BCUT2D eigenvalue weighted by atomic mass is 9.91. The number of carbonyl (C=O) groups excluding carboxylic acids is 2. The van der Waals surface area contributed by atoms with Crippen molar-refractivity contribution in [2.75, 3.05) is 13.2 Å². The molecule has 7 nitrogen and oxygen atoms in total. The van der Waals surface area contributed by atoms with Gasteiger partial charge in [-0.15, -0.1) is 0 Å². The minimum Gasteiger partial charge on any atom is -0.481 e. The Labute approximate surface area is 205 Å². The molecule has 0 spiro atoms. The molecule has 0 fully saturated rings. The van der Waals surface area contributed by atoms with Crippen LogP contribution in [0.25, 0.3) is 0 Å². The maximum Gasteiger partial charge on any atom is 0.311 e. The molecule has 1 aromatic rings. The quantitative estimate of drug-likeness (QED) is 0.416. The van der Waals surface area contributed by atoms with E-state index in [4.69, 9.17) is 19.7 Å². The zero-order valence-corrected chi connectivity index (χ0v) is 22.6. The van der Waals surface area contributed by atoms with Crippen molar-refractivity contribution in [3.63, 3.8) is 0 Å². The SMILES string of the molecule is CCC(C)(C)C(=O)O.CCC(C)(C)C(=O)OCCO.CCC(C)(C)C(=O)OCc1ccccc1. The van der Waals surface area contributed by atoms with Gasteiger partial charge in [0.2, 0.25) is 0 Å². The second-order valence-corrected chi connectivity index (χ2v) is 9.94. The van der Waals surface area contributed by atoms with E-state index < -0.39 is 16.8 Å². The number of carboxylic acid groups (broad SMARTS) is 1. The fourth-order valence-corrected chi connectivity index (χ4v) is 1.69. The van der Waals surface area contributed by atoms with E-state index in [2.05, 4.69) is 0 Å². The molecule has 0 bridgehead atoms. The Balaban J connectivity index is 0. The average molecular weight is 483 g/mol. The molecule has 0 saturated heterocycles. The molecule has 7 heteroatoms. The molecule has 0 amide bonds. The first-order valence-electron chi connectivity index (χ1n) is 11.8. The molecule has 2 N–H and O–H groups in total. The highest BCUT2D eigenvalue weighted by molar-refractivity contribution is 5.76. The maximum atomic E-state index is 11.6. The van der Waals surface area contributed by atoms with Crippen LogP contribution < -0.4 is 0 Å². The van der Waals surface area contributed by atoms with Crippen molar-refractivity contribution in [1.82, 2.24) is 0 Å². The number of carbonyl (C=O) groups is 3. The van der Waals surface area contributed by atoms with Crippen LogP contribution in [0.5, 0.6) is 0 Å². The van der Waals surface area contributed by atoms with E-state index in [0.29, 0.717) is 13.0 Å². The minimum absolute atomic E-state index is 0.0995. The highest BCUT2D eigenvalue weighted by Gasteiger charge is 2.27. The number of esters is 2. The van der Waals surface area contributed by atoms with Gasteiger partial charge in [0.1, 0.15) is 13.2 Å². The average Bonchev–Trinajstić information content (AvgIpc) is 2.82. The normalized spacial score (nSPS) is 11.2. The van der Waals surface area contributed by atoms with Gasteiger partial charge in [-0.3, -0.25) is 14.4 Å². The van der Waals surface area contributed by atoms with Gasteiger partial charge in [-0.25, -0.2) is 0 Å². The first-order valence-corrected chi connectivity index (χ1v) is 11.8. The van der Waals surface area contributed by atoms with Gasteiger partial charge in [0.25, 0.3) is 0 Å². The lowest BCUT2D eigenvalue weighted by molar-refractivity contribution is -0.156. The Bertz CT molecular complexity index is 722. The predicted molar refractivity (Wildman–Crippen MR) is 134 cm³/mol. The highest BCUT2D eigenvalue weighted by atomic mass is 16.5. The Morgan fingerprint density at radius 2 is 1.15 bits per heavy atom. The van der Waals surface area contributed by atoms with Gasteiger partial charge in [-0.05, 0) is 66.4 Å². The smallest absolute Gasteiger partial charge is 0.311 e. The third-order valence-corrected chi connectivity index (χ3v) is 5.87. The Hall–Kier alpha value is -2.41. The summed E-state index contributed by atoms with van der Waals surface area (Å²) >= 11 is 0. The second-order valence-electron chi connectivity index (χ2n) is 9.94. The van der Waals surface area contributed by atoms with Crippen LogP contribution >= 0.6 is 0 Å². The molecule has 1 aromatic carbocycles. The monoisotopic (exact) mass is 482 g/mol. The maximum absolute atomic E-state index is 11.6. The molecule has 0 radical (unpaired) electrons. The van der Waals surface area contributed by atoms with E-state index in [1.165, 1.54) is 0 Å². The van der Waals surface area contributed by atoms with E-state index in [1.54, 1.807) is 13.8 Å². The summed E-state index contributed by atoms with van der Waals surface area (Å²) in [6.07, 6.45) is 2.22. The molecular formula is C27H46O7. The van der Waals surface area contributed by atoms with Gasteiger partial charge in [-0.2, -0.15) is 0 Å². The number of aliphatic hydroxyl groups excluding tert-OH is 1. The van der Waals surface area contributed by atoms with Crippen molar-refractivity contribution in [1.29, 1.82) is 0 Å². The van der Waals surface area contributed by atoms with Gasteiger partial charge in [0, 0.05) is 0 Å². The minimum atomic E-state index is -0.722. The highest BCUT2D eigenvalue weighted by Crippen LogP contribution is 2.22. The molecule has 0 aliphatic heterocycles. The zero-order chi connectivity index (χ0) is 27.0. The van der Waals surface area contributed by atoms with Crippen LogP contribution in [0.15, 0.2) is 30.3 Å². The summed E-state index contributed by atoms with van der Waals surface area (Å²) < 4.78 is 10.0. The topological polar surface area (TPSA) is 110 Å². The van der Waals surface area contributed by atoms with Crippen LogP contribution in [0.1, 0.15) is 87.1 Å². The van der Waals surface area contributed by atoms with Crippen LogP contribution in [0.2, 0.25) is 0 Å². The molecule has 0 aliphatic carbocycles. The molecule has 0 aliphatic rings. The number of aliphatic hydroxyl groups is 1. The first kappa shape index (κ1) is 33.8. The standard InChI is InChI=1S/C13H18O2.C8H16O3.C6H12O2/c1-4-13(2,3)12(14)15-10-11-8-6-5-7-9-11;1-4-8(2,3)7(10)11-6-5-9;1-4-6(2,3)5(7)8/h5-9H,4,10H2,1-3H3;9H,4-6H2,1-3H3;4H2,1-3H3,(H,7,8). The van der Waals surface area contributed by atoms with Crippen LogP contribution in [0, 0.1) is 16.2 Å². The Morgan fingerprint density at radius 3 is 1.47 bits per heavy atom. The molecule has 1 rings (SSSR count). The van der Waals surface area contributed by atoms with Crippen molar-refractivity contribution in [3.8, 4) is 0 Å². The Kier molecular flexibility index (Phi) is 16.1. The molecule has 0 unspecified atom stereocenters. The molecule has 0 saturated carbocycles. The summed E-state index contributed by atoms with van der Waals surface area (Å²) in [5.74, 6) is -1.09. The van der Waals surface area contributed by atoms with E-state index in [-0.39, 0.29) is 30.6 Å². The molecule has 0 aromatic heterocycles. The number of hydrogen-bond donors (Lipinski definition) is 2. The summed E-state index contributed by atoms with van der Waals surface area (Å²) in [6, 6.07) is 9.72. The summed E-state index contributed by atoms with van der Waals surface area (Å²) in [7, 11) is 0. The van der Waals surface area contributed by atoms with Crippen LogP contribution in [-0.2, 0) is 30.5 Å². The number of carboxylic acids is 1. The van der Waals surface area contributed by atoms with Crippen molar-refractivity contribution in [2.45, 2.75) is 88.2 Å². The van der Waals surface area contributed by atoms with Gasteiger partial charge in [0.15, 0.2) is 0 Å². The van der Waals surface area contributed by atoms with Crippen molar-refractivity contribution in [3.05, 3.63) is 35.9 Å². The van der Waals surface area contributed by atoms with Crippen molar-refractivity contribution in [2.24, 2.45) is 16.2 Å². The first-order chi connectivity index (χ1) is 15.6. The van der Waals surface area contributed by atoms with Crippen LogP contribution in [-0.4, -0.2) is 41.3 Å². The third kappa shape index (κ3) is 14.0. The fraction of sp³-hybridized carbons (Fsp3) is 0.667. The summed E-state index contributed by atoms with van der Waals surface area (Å²) in [6.45, 7) is 17.0. The zero-order valence-electron chi connectivity index (χ0n) is 22.6. The van der Waals surface area contributed by atoms with E-state index >= 15 is 0 Å². The molecule has 0 heterocycles. The predicted octanol–water partition coefficient (Wildman–Crippen LogP) is 5.63.